The molecule has 0 aromatic heterocycles. The maximum Gasteiger partial charge on any atom is 0.311 e. The van der Waals surface area contributed by atoms with Crippen LogP contribution in [0.15, 0.2) is 36.4 Å². The Morgan fingerprint density at radius 1 is 1.07 bits per heavy atom. The van der Waals surface area contributed by atoms with E-state index >= 15 is 0 Å². The van der Waals surface area contributed by atoms with Gasteiger partial charge in [-0.2, -0.15) is 0 Å². The van der Waals surface area contributed by atoms with E-state index in [-0.39, 0.29) is 25.5 Å². The molecule has 152 valence electrons. The van der Waals surface area contributed by atoms with Gasteiger partial charge in [0.1, 0.15) is 0 Å². The number of aryl methyl sites for hydroxylation is 4. The van der Waals surface area contributed by atoms with Gasteiger partial charge in [-0.25, -0.2) is 0 Å². The fourth-order valence-corrected chi connectivity index (χ4v) is 3.62. The number of nitrogens with one attached hydrogen (secondary N) is 1. The molecular weight excluding hydrogens is 368 g/mol. The summed E-state index contributed by atoms with van der Waals surface area (Å²) in [7, 11) is 0. The van der Waals surface area contributed by atoms with Crippen LogP contribution in [0.4, 0.5) is 11.4 Å². The number of carbonyl (C=O) groups is 3. The van der Waals surface area contributed by atoms with Crippen LogP contribution in [0.1, 0.15) is 28.7 Å². The molecule has 1 saturated heterocycles. The maximum absolute atomic E-state index is 12.5. The Bertz CT molecular complexity index is 947. The zero-order valence-corrected chi connectivity index (χ0v) is 17.2. The lowest BCUT2D eigenvalue weighted by atomic mass is 10.1. The summed E-state index contributed by atoms with van der Waals surface area (Å²) in [5.41, 5.74) is 5.48. The molecule has 1 atom stereocenters. The van der Waals surface area contributed by atoms with E-state index in [2.05, 4.69) is 5.32 Å². The maximum atomic E-state index is 12.5. The van der Waals surface area contributed by atoms with E-state index in [1.165, 1.54) is 0 Å². The Morgan fingerprint density at radius 3 is 2.45 bits per heavy atom. The Balaban J connectivity index is 1.58. The highest BCUT2D eigenvalue weighted by Crippen LogP contribution is 2.31. The van der Waals surface area contributed by atoms with Gasteiger partial charge in [-0.1, -0.05) is 30.3 Å². The number of carbonyl (C=O) groups excluding carboxylic acids is 3. The molecule has 1 aliphatic heterocycles. The highest BCUT2D eigenvalue weighted by atomic mass is 16.5. The van der Waals surface area contributed by atoms with Crippen molar-refractivity contribution < 1.29 is 19.1 Å². The third kappa shape index (κ3) is 4.65. The van der Waals surface area contributed by atoms with E-state index in [9.17, 15) is 14.4 Å². The first-order chi connectivity index (χ1) is 13.8. The minimum absolute atomic E-state index is 0.0885. The van der Waals surface area contributed by atoms with Crippen molar-refractivity contribution in [1.29, 1.82) is 0 Å². The molecule has 2 aromatic rings. The number of para-hydroxylation sites is 1. The second kappa shape index (κ2) is 8.47. The smallest absolute Gasteiger partial charge is 0.311 e. The lowest BCUT2D eigenvalue weighted by molar-refractivity contribution is -0.151. The molecule has 1 aliphatic rings. The largest absolute Gasteiger partial charge is 0.455 e. The highest BCUT2D eigenvalue weighted by Gasteiger charge is 2.37. The number of hydrogen-bond donors (Lipinski definition) is 1. The Morgan fingerprint density at radius 2 is 1.76 bits per heavy atom. The molecule has 0 aliphatic carbocycles. The highest BCUT2D eigenvalue weighted by molar-refractivity contribution is 6.01. The van der Waals surface area contributed by atoms with E-state index in [0.717, 1.165) is 27.9 Å². The van der Waals surface area contributed by atoms with Crippen molar-refractivity contribution in [3.8, 4) is 0 Å². The topological polar surface area (TPSA) is 75.7 Å². The molecule has 0 unspecified atom stereocenters. The molecule has 29 heavy (non-hydrogen) atoms. The summed E-state index contributed by atoms with van der Waals surface area (Å²) in [6.07, 6.45) is 0.0885. The van der Waals surface area contributed by atoms with Gasteiger partial charge in [0.25, 0.3) is 5.91 Å². The van der Waals surface area contributed by atoms with E-state index < -0.39 is 17.8 Å². The van der Waals surface area contributed by atoms with Crippen molar-refractivity contribution in [2.24, 2.45) is 5.92 Å². The normalized spacial score (nSPS) is 16.1. The van der Waals surface area contributed by atoms with Crippen LogP contribution in [0.2, 0.25) is 0 Å². The van der Waals surface area contributed by atoms with Crippen molar-refractivity contribution in [2.75, 3.05) is 23.4 Å². The summed E-state index contributed by atoms with van der Waals surface area (Å²) < 4.78 is 5.19. The van der Waals surface area contributed by atoms with Gasteiger partial charge < -0.3 is 15.0 Å². The number of esters is 1. The lowest BCUT2D eigenvalue weighted by Crippen LogP contribution is -2.29. The number of amides is 2. The van der Waals surface area contributed by atoms with Crippen molar-refractivity contribution in [3.63, 3.8) is 0 Å². The van der Waals surface area contributed by atoms with Crippen LogP contribution in [0.5, 0.6) is 0 Å². The number of rotatable bonds is 5. The molecule has 6 nitrogen and oxygen atoms in total. The second-order valence-corrected chi connectivity index (χ2v) is 7.62. The lowest BCUT2D eigenvalue weighted by Gasteiger charge is -2.21. The zero-order valence-electron chi connectivity index (χ0n) is 17.2. The number of hydrogen-bond acceptors (Lipinski definition) is 4. The van der Waals surface area contributed by atoms with Gasteiger partial charge in [0.15, 0.2) is 6.61 Å². The van der Waals surface area contributed by atoms with Crippen LogP contribution in [-0.2, 0) is 19.1 Å². The van der Waals surface area contributed by atoms with Gasteiger partial charge in [0.05, 0.1) is 5.92 Å². The first-order valence-electron chi connectivity index (χ1n) is 9.66. The quantitative estimate of drug-likeness (QED) is 0.788. The van der Waals surface area contributed by atoms with Crippen LogP contribution < -0.4 is 10.2 Å². The molecule has 0 bridgehead atoms. The van der Waals surface area contributed by atoms with Gasteiger partial charge in [-0.05, 0) is 56.0 Å². The van der Waals surface area contributed by atoms with Crippen LogP contribution in [0.25, 0.3) is 0 Å². The molecule has 1 fully saturated rings. The Kier molecular flexibility index (Phi) is 6.01. The molecule has 0 spiro atoms. The molecule has 0 saturated carbocycles. The third-order valence-corrected chi connectivity index (χ3v) is 5.18. The zero-order chi connectivity index (χ0) is 21.1. The molecule has 3 rings (SSSR count). The van der Waals surface area contributed by atoms with Gasteiger partial charge in [-0.15, -0.1) is 0 Å². The number of benzene rings is 2. The first kappa shape index (κ1) is 20.6. The summed E-state index contributed by atoms with van der Waals surface area (Å²) in [5, 5.41) is 2.76. The van der Waals surface area contributed by atoms with E-state index in [4.69, 9.17) is 4.74 Å². The summed E-state index contributed by atoms with van der Waals surface area (Å²) in [6, 6.07) is 11.6. The summed E-state index contributed by atoms with van der Waals surface area (Å²) in [5.74, 6) is -1.61. The Hall–Kier alpha value is -3.15. The number of nitrogens with zero attached hydrogens (tertiary/aromatic N) is 1. The van der Waals surface area contributed by atoms with Crippen LogP contribution >= 0.6 is 0 Å². The summed E-state index contributed by atoms with van der Waals surface area (Å²) >= 11 is 0. The summed E-state index contributed by atoms with van der Waals surface area (Å²) in [6.45, 7) is 7.61. The standard InChI is InChI=1S/C23H26N2O4/c1-14-8-9-15(2)19(10-14)24-20(26)13-29-23(28)18-11-21(27)25(12-18)22-16(3)6-5-7-17(22)4/h5-10,18H,11-13H2,1-4H3,(H,24,26)/t18-/m1/s1. The van der Waals surface area contributed by atoms with Crippen molar-refractivity contribution in [1.82, 2.24) is 0 Å². The monoisotopic (exact) mass is 394 g/mol. The van der Waals surface area contributed by atoms with Gasteiger partial charge in [0, 0.05) is 24.3 Å². The van der Waals surface area contributed by atoms with Crippen molar-refractivity contribution in [3.05, 3.63) is 58.7 Å². The van der Waals surface area contributed by atoms with Crippen LogP contribution in [0.3, 0.4) is 0 Å². The Labute approximate surface area is 170 Å². The van der Waals surface area contributed by atoms with E-state index in [1.54, 1.807) is 4.90 Å². The molecule has 2 amide bonds. The molecule has 1 heterocycles. The average Bonchev–Trinajstić information content (AvgIpc) is 3.04. The molecular formula is C23H26N2O4. The van der Waals surface area contributed by atoms with Gasteiger partial charge in [-0.3, -0.25) is 14.4 Å². The fraction of sp³-hybridized carbons (Fsp3) is 0.348. The summed E-state index contributed by atoms with van der Waals surface area (Å²) in [4.78, 5) is 38.7. The fourth-order valence-electron chi connectivity index (χ4n) is 3.62. The molecule has 0 radical (unpaired) electrons. The van der Waals surface area contributed by atoms with E-state index in [0.29, 0.717) is 5.69 Å². The van der Waals surface area contributed by atoms with Crippen LogP contribution in [-0.4, -0.2) is 30.9 Å². The average molecular weight is 394 g/mol. The van der Waals surface area contributed by atoms with Crippen molar-refractivity contribution >= 4 is 29.2 Å². The molecule has 6 heteroatoms. The number of ether oxygens (including phenoxy) is 1. The predicted octanol–water partition coefficient (Wildman–Crippen LogP) is 3.46. The van der Waals surface area contributed by atoms with E-state index in [1.807, 2.05) is 64.1 Å². The molecule has 1 N–H and O–H groups in total. The third-order valence-electron chi connectivity index (χ3n) is 5.18. The van der Waals surface area contributed by atoms with Crippen molar-refractivity contribution in [2.45, 2.75) is 34.1 Å². The van der Waals surface area contributed by atoms with Crippen LogP contribution in [0, 0.1) is 33.6 Å². The minimum Gasteiger partial charge on any atom is -0.455 e. The second-order valence-electron chi connectivity index (χ2n) is 7.62. The first-order valence-corrected chi connectivity index (χ1v) is 9.66. The predicted molar refractivity (Wildman–Crippen MR) is 112 cm³/mol. The SMILES string of the molecule is Cc1ccc(C)c(NC(=O)COC(=O)[C@@H]2CC(=O)N(c3c(C)cccc3C)C2)c1. The minimum atomic E-state index is -0.574. The van der Waals surface area contributed by atoms with Gasteiger partial charge >= 0.3 is 5.97 Å². The number of anilines is 2. The van der Waals surface area contributed by atoms with Gasteiger partial charge in [0.2, 0.25) is 5.91 Å². The molecule has 2 aromatic carbocycles.